The number of rotatable bonds is 7. The summed E-state index contributed by atoms with van der Waals surface area (Å²) in [4.78, 5) is 13.3. The molecule has 0 saturated heterocycles. The van der Waals surface area contributed by atoms with Crippen LogP contribution in [0.5, 0.6) is 0 Å². The molecule has 7 nitrogen and oxygen atoms in total. The maximum atomic E-state index is 6.18. The van der Waals surface area contributed by atoms with Gasteiger partial charge in [0.05, 0.1) is 11.0 Å². The molecule has 6 N–H and O–H groups in total. The second-order valence-corrected chi connectivity index (χ2v) is 6.15. The molecule has 0 amide bonds. The number of aliphatic imine (C=N–C) groups is 1. The number of fused-ring (bicyclic) bond motifs is 3. The molecule has 0 radical (unpaired) electrons. The lowest BCUT2D eigenvalue weighted by molar-refractivity contribution is 0.599. The predicted octanol–water partition coefficient (Wildman–Crippen LogP) is 2.17. The van der Waals surface area contributed by atoms with Crippen molar-refractivity contribution in [3.05, 3.63) is 30.1 Å². The van der Waals surface area contributed by atoms with Crippen LogP contribution in [-0.4, -0.2) is 27.0 Å². The molecule has 2 heterocycles. The zero-order valence-electron chi connectivity index (χ0n) is 14.6. The average molecular weight is 339 g/mol. The third kappa shape index (κ3) is 3.50. The SMILES string of the molecule is CCCc1nc2c(N)nc3ccccc3c2n1CCCCN=C(N)N. The van der Waals surface area contributed by atoms with Crippen LogP contribution in [0.25, 0.3) is 21.9 Å². The number of anilines is 1. The van der Waals surface area contributed by atoms with E-state index in [1.54, 1.807) is 0 Å². The number of guanidine groups is 1. The van der Waals surface area contributed by atoms with Gasteiger partial charge >= 0.3 is 0 Å². The summed E-state index contributed by atoms with van der Waals surface area (Å²) in [5.41, 5.74) is 19.7. The Bertz CT molecular complexity index is 907. The molecule has 0 aliphatic carbocycles. The molecular formula is C18H25N7. The molecule has 0 aliphatic rings. The summed E-state index contributed by atoms with van der Waals surface area (Å²) in [6.07, 6.45) is 3.83. The number of aromatic nitrogens is 3. The van der Waals surface area contributed by atoms with Gasteiger partial charge in [-0.25, -0.2) is 9.97 Å². The number of hydrogen-bond donors (Lipinski definition) is 3. The highest BCUT2D eigenvalue weighted by Crippen LogP contribution is 2.29. The monoisotopic (exact) mass is 339 g/mol. The van der Waals surface area contributed by atoms with Crippen molar-refractivity contribution in [1.29, 1.82) is 0 Å². The molecule has 0 atom stereocenters. The fraction of sp³-hybridized carbons (Fsp3) is 0.389. The Morgan fingerprint density at radius 3 is 2.72 bits per heavy atom. The number of benzene rings is 1. The normalized spacial score (nSPS) is 11.2. The Kier molecular flexibility index (Phi) is 5.02. The molecule has 25 heavy (non-hydrogen) atoms. The largest absolute Gasteiger partial charge is 0.382 e. The van der Waals surface area contributed by atoms with Gasteiger partial charge in [-0.2, -0.15) is 0 Å². The first kappa shape index (κ1) is 17.0. The Morgan fingerprint density at radius 1 is 1.16 bits per heavy atom. The lowest BCUT2D eigenvalue weighted by Crippen LogP contribution is -2.23. The highest BCUT2D eigenvalue weighted by Gasteiger charge is 2.16. The first-order valence-electron chi connectivity index (χ1n) is 8.70. The molecule has 0 bridgehead atoms. The highest BCUT2D eigenvalue weighted by molar-refractivity contribution is 6.06. The van der Waals surface area contributed by atoms with E-state index in [1.165, 1.54) is 0 Å². The van der Waals surface area contributed by atoms with Gasteiger partial charge in [0, 0.05) is 24.9 Å². The van der Waals surface area contributed by atoms with Gasteiger partial charge in [-0.05, 0) is 25.3 Å². The van der Waals surface area contributed by atoms with E-state index in [2.05, 4.69) is 27.5 Å². The fourth-order valence-electron chi connectivity index (χ4n) is 3.15. The Balaban J connectivity index is 2.01. The maximum Gasteiger partial charge on any atom is 0.185 e. The summed E-state index contributed by atoms with van der Waals surface area (Å²) in [6.45, 7) is 3.66. The molecule has 0 aliphatic heterocycles. The molecule has 3 aromatic rings. The van der Waals surface area contributed by atoms with Crippen molar-refractivity contribution in [3.63, 3.8) is 0 Å². The number of hydrogen-bond acceptors (Lipinski definition) is 4. The second-order valence-electron chi connectivity index (χ2n) is 6.15. The van der Waals surface area contributed by atoms with E-state index in [9.17, 15) is 0 Å². The molecule has 0 unspecified atom stereocenters. The minimum atomic E-state index is 0.143. The maximum absolute atomic E-state index is 6.18. The number of nitrogens with two attached hydrogens (primary N) is 3. The second kappa shape index (κ2) is 7.38. The molecular weight excluding hydrogens is 314 g/mol. The number of unbranched alkanes of at least 4 members (excludes halogenated alkanes) is 1. The quantitative estimate of drug-likeness (QED) is 0.346. The van der Waals surface area contributed by atoms with Gasteiger partial charge < -0.3 is 21.8 Å². The zero-order valence-corrected chi connectivity index (χ0v) is 14.6. The summed E-state index contributed by atoms with van der Waals surface area (Å²) in [5.74, 6) is 1.69. The van der Waals surface area contributed by atoms with E-state index >= 15 is 0 Å². The van der Waals surface area contributed by atoms with Crippen LogP contribution in [0, 0.1) is 0 Å². The van der Waals surface area contributed by atoms with Crippen LogP contribution in [-0.2, 0) is 13.0 Å². The van der Waals surface area contributed by atoms with Crippen molar-refractivity contribution in [3.8, 4) is 0 Å². The Hall–Kier alpha value is -2.83. The number of imidazole rings is 1. The molecule has 132 valence electrons. The van der Waals surface area contributed by atoms with Crippen LogP contribution in [0.3, 0.4) is 0 Å². The van der Waals surface area contributed by atoms with Crippen molar-refractivity contribution in [2.45, 2.75) is 39.2 Å². The van der Waals surface area contributed by atoms with Crippen molar-refractivity contribution in [2.24, 2.45) is 16.5 Å². The lowest BCUT2D eigenvalue weighted by atomic mass is 10.2. The summed E-state index contributed by atoms with van der Waals surface area (Å²) in [7, 11) is 0. The van der Waals surface area contributed by atoms with E-state index in [0.717, 1.165) is 60.0 Å². The molecule has 0 fully saturated rings. The number of aryl methyl sites for hydroxylation is 2. The van der Waals surface area contributed by atoms with Gasteiger partial charge in [-0.1, -0.05) is 25.1 Å². The molecule has 7 heteroatoms. The number of nitrogens with zero attached hydrogens (tertiary/aromatic N) is 4. The van der Waals surface area contributed by atoms with E-state index in [1.807, 2.05) is 18.2 Å². The average Bonchev–Trinajstić information content (AvgIpc) is 2.94. The van der Waals surface area contributed by atoms with Crippen molar-refractivity contribution < 1.29 is 0 Å². The molecule has 0 saturated carbocycles. The minimum absolute atomic E-state index is 0.143. The number of nitrogen functional groups attached to an aromatic ring is 1. The third-order valence-electron chi connectivity index (χ3n) is 4.25. The van der Waals surface area contributed by atoms with Gasteiger partial charge in [0.25, 0.3) is 0 Å². The van der Waals surface area contributed by atoms with Crippen molar-refractivity contribution >= 4 is 33.7 Å². The number of pyridine rings is 1. The summed E-state index contributed by atoms with van der Waals surface area (Å²) >= 11 is 0. The first-order valence-corrected chi connectivity index (χ1v) is 8.70. The van der Waals surface area contributed by atoms with Gasteiger partial charge in [-0.15, -0.1) is 0 Å². The Morgan fingerprint density at radius 2 is 1.96 bits per heavy atom. The van der Waals surface area contributed by atoms with Crippen LogP contribution in [0.15, 0.2) is 29.3 Å². The van der Waals surface area contributed by atoms with Crippen LogP contribution in [0.1, 0.15) is 32.0 Å². The standard InChI is InChI=1S/C18H25N7/c1-2-7-14-24-15-16(25(14)11-6-5-10-22-18(20)21)12-8-3-4-9-13(12)23-17(15)19/h3-4,8-9H,2,5-7,10-11H2,1H3,(H2,19,23)(H4,20,21,22). The summed E-state index contributed by atoms with van der Waals surface area (Å²) in [6, 6.07) is 8.07. The zero-order chi connectivity index (χ0) is 17.8. The summed E-state index contributed by atoms with van der Waals surface area (Å²) in [5, 5.41) is 1.09. The molecule has 2 aromatic heterocycles. The van der Waals surface area contributed by atoms with Gasteiger partial charge in [0.1, 0.15) is 11.3 Å². The molecule has 1 aromatic carbocycles. The van der Waals surface area contributed by atoms with Crippen molar-refractivity contribution in [2.75, 3.05) is 12.3 Å². The Labute approximate surface area is 146 Å². The highest BCUT2D eigenvalue weighted by atomic mass is 15.1. The van der Waals surface area contributed by atoms with E-state index in [4.69, 9.17) is 22.2 Å². The smallest absolute Gasteiger partial charge is 0.185 e. The predicted molar refractivity (Wildman–Crippen MR) is 103 cm³/mol. The van der Waals surface area contributed by atoms with E-state index < -0.39 is 0 Å². The van der Waals surface area contributed by atoms with Crippen LogP contribution < -0.4 is 17.2 Å². The lowest BCUT2D eigenvalue weighted by Gasteiger charge is -2.10. The molecule has 0 spiro atoms. The van der Waals surface area contributed by atoms with E-state index in [-0.39, 0.29) is 5.96 Å². The van der Waals surface area contributed by atoms with Gasteiger partial charge in [0.2, 0.25) is 0 Å². The minimum Gasteiger partial charge on any atom is -0.382 e. The van der Waals surface area contributed by atoms with E-state index in [0.29, 0.717) is 12.4 Å². The third-order valence-corrected chi connectivity index (χ3v) is 4.25. The summed E-state index contributed by atoms with van der Waals surface area (Å²) < 4.78 is 2.29. The number of para-hydroxylation sites is 1. The topological polar surface area (TPSA) is 121 Å². The van der Waals surface area contributed by atoms with Crippen LogP contribution >= 0.6 is 0 Å². The van der Waals surface area contributed by atoms with Gasteiger partial charge in [0.15, 0.2) is 11.8 Å². The van der Waals surface area contributed by atoms with Gasteiger partial charge in [-0.3, -0.25) is 4.99 Å². The van der Waals surface area contributed by atoms with Crippen LogP contribution in [0.2, 0.25) is 0 Å². The van der Waals surface area contributed by atoms with Crippen LogP contribution in [0.4, 0.5) is 5.82 Å². The van der Waals surface area contributed by atoms with Crippen molar-refractivity contribution in [1.82, 2.24) is 14.5 Å². The fourth-order valence-corrected chi connectivity index (χ4v) is 3.15. The first-order chi connectivity index (χ1) is 12.1. The molecule has 3 rings (SSSR count).